The fourth-order valence-corrected chi connectivity index (χ4v) is 6.96. The number of allylic oxidation sites excluding steroid dienone is 1. The Bertz CT molecular complexity index is 1630. The maximum Gasteiger partial charge on any atom is 0.338 e. The Morgan fingerprint density at radius 2 is 1.98 bits per heavy atom. The summed E-state index contributed by atoms with van der Waals surface area (Å²) in [4.78, 5) is 34.8. The second-order valence-electron chi connectivity index (χ2n) is 9.21. The molecule has 0 aliphatic carbocycles. The summed E-state index contributed by atoms with van der Waals surface area (Å²) in [6.07, 6.45) is 3.08. The lowest BCUT2D eigenvalue weighted by Crippen LogP contribution is -2.40. The summed E-state index contributed by atoms with van der Waals surface area (Å²) in [5, 5.41) is 0. The van der Waals surface area contributed by atoms with Crippen LogP contribution in [0.2, 0.25) is 0 Å². The van der Waals surface area contributed by atoms with Crippen LogP contribution in [-0.2, 0) is 14.3 Å². The van der Waals surface area contributed by atoms with Crippen molar-refractivity contribution >= 4 is 61.1 Å². The maximum atomic E-state index is 14.0. The summed E-state index contributed by atoms with van der Waals surface area (Å²) in [5.74, 6) is 1.41. The van der Waals surface area contributed by atoms with Crippen LogP contribution >= 0.6 is 43.2 Å². The minimum atomic E-state index is -0.714. The summed E-state index contributed by atoms with van der Waals surface area (Å²) >= 11 is 8.42. The fraction of sp³-hybridized carbons (Fsp3) is 0.393. The molecule has 0 amide bonds. The molecule has 1 aromatic carbocycles. The predicted molar refractivity (Wildman–Crippen MR) is 160 cm³/mol. The number of nitrogens with zero attached hydrogens (tertiary/aromatic N) is 3. The molecular formula is C28H29Br2N3O6S. The van der Waals surface area contributed by atoms with Crippen molar-refractivity contribution in [1.29, 1.82) is 0 Å². The number of halogens is 2. The number of carbonyl (C=O) groups is 1. The van der Waals surface area contributed by atoms with Crippen molar-refractivity contribution < 1.29 is 23.4 Å². The van der Waals surface area contributed by atoms with Crippen molar-refractivity contribution in [3.05, 3.63) is 75.5 Å². The highest BCUT2D eigenvalue weighted by molar-refractivity contribution is 9.11. The molecule has 2 aliphatic heterocycles. The van der Waals surface area contributed by atoms with Gasteiger partial charge in [-0.05, 0) is 62.9 Å². The largest absolute Gasteiger partial charge is 0.496 e. The van der Waals surface area contributed by atoms with Gasteiger partial charge in [-0.25, -0.2) is 9.79 Å². The van der Waals surface area contributed by atoms with Crippen molar-refractivity contribution in [2.24, 2.45) is 4.99 Å². The van der Waals surface area contributed by atoms with Gasteiger partial charge in [0.15, 0.2) is 4.80 Å². The van der Waals surface area contributed by atoms with Crippen molar-refractivity contribution in [2.45, 2.75) is 32.7 Å². The first-order valence-electron chi connectivity index (χ1n) is 13.0. The number of hydrogen-bond acceptors (Lipinski definition) is 9. The first-order valence-corrected chi connectivity index (χ1v) is 15.4. The van der Waals surface area contributed by atoms with Crippen molar-refractivity contribution in [1.82, 2.24) is 4.57 Å². The third-order valence-corrected chi connectivity index (χ3v) is 8.81. The molecule has 0 N–H and O–H groups in total. The number of morpholine rings is 1. The van der Waals surface area contributed by atoms with Gasteiger partial charge in [-0.15, -0.1) is 0 Å². The summed E-state index contributed by atoms with van der Waals surface area (Å²) in [7, 11) is 1.59. The summed E-state index contributed by atoms with van der Waals surface area (Å²) in [6.45, 7) is 6.71. The number of carbonyl (C=O) groups excluding carboxylic acids is 1. The van der Waals surface area contributed by atoms with Gasteiger partial charge in [-0.2, -0.15) is 0 Å². The van der Waals surface area contributed by atoms with Crippen LogP contribution in [0, 0.1) is 0 Å². The van der Waals surface area contributed by atoms with Crippen LogP contribution in [0.5, 0.6) is 5.75 Å². The first-order chi connectivity index (χ1) is 19.4. The molecular weight excluding hydrogens is 666 g/mol. The van der Waals surface area contributed by atoms with Crippen LogP contribution in [0.3, 0.4) is 0 Å². The van der Waals surface area contributed by atoms with Crippen LogP contribution < -0.4 is 24.5 Å². The molecule has 4 heterocycles. The van der Waals surface area contributed by atoms with Gasteiger partial charge < -0.3 is 23.5 Å². The predicted octanol–water partition coefficient (Wildman–Crippen LogP) is 4.54. The smallest absolute Gasteiger partial charge is 0.338 e. The molecule has 3 aromatic rings. The van der Waals surface area contributed by atoms with Crippen molar-refractivity contribution in [3.63, 3.8) is 0 Å². The molecule has 2 aromatic heterocycles. The van der Waals surface area contributed by atoms with Gasteiger partial charge in [-0.1, -0.05) is 30.7 Å². The molecule has 9 nitrogen and oxygen atoms in total. The lowest BCUT2D eigenvalue weighted by Gasteiger charge is -2.26. The van der Waals surface area contributed by atoms with Crippen LogP contribution in [-0.4, -0.2) is 50.6 Å². The molecule has 0 bridgehead atoms. The highest BCUT2D eigenvalue weighted by Crippen LogP contribution is 2.36. The Balaban J connectivity index is 1.67. The zero-order valence-corrected chi connectivity index (χ0v) is 26.4. The number of benzene rings is 1. The zero-order valence-electron chi connectivity index (χ0n) is 22.4. The number of rotatable bonds is 8. The van der Waals surface area contributed by atoms with Gasteiger partial charge in [0.05, 0.1) is 57.7 Å². The number of fused-ring (bicyclic) bond motifs is 1. The summed E-state index contributed by atoms with van der Waals surface area (Å²) < 4.78 is 26.0. The van der Waals surface area contributed by atoms with Gasteiger partial charge in [0.25, 0.3) is 5.56 Å². The molecule has 1 fully saturated rings. The number of furan rings is 1. The third kappa shape index (κ3) is 5.59. The fourth-order valence-electron chi connectivity index (χ4n) is 4.85. The van der Waals surface area contributed by atoms with Gasteiger partial charge in [-0.3, -0.25) is 9.36 Å². The number of hydrogen-bond donors (Lipinski definition) is 0. The minimum Gasteiger partial charge on any atom is -0.496 e. The van der Waals surface area contributed by atoms with E-state index in [1.807, 2.05) is 31.2 Å². The molecule has 5 rings (SSSR count). The van der Waals surface area contributed by atoms with Crippen molar-refractivity contribution in [2.75, 3.05) is 44.9 Å². The van der Waals surface area contributed by atoms with E-state index in [9.17, 15) is 9.59 Å². The number of methoxy groups -OCH3 is 1. The van der Waals surface area contributed by atoms with Gasteiger partial charge >= 0.3 is 5.97 Å². The third-order valence-electron chi connectivity index (χ3n) is 6.64. The number of anilines is 1. The van der Waals surface area contributed by atoms with Gasteiger partial charge in [0.2, 0.25) is 5.88 Å². The van der Waals surface area contributed by atoms with Gasteiger partial charge in [0, 0.05) is 25.2 Å². The van der Waals surface area contributed by atoms with E-state index in [1.54, 1.807) is 24.7 Å². The Morgan fingerprint density at radius 1 is 1.20 bits per heavy atom. The molecule has 0 unspecified atom stereocenters. The normalized spacial score (nSPS) is 17.6. The topological polar surface area (TPSA) is 95.5 Å². The van der Waals surface area contributed by atoms with Crippen LogP contribution in [0.25, 0.3) is 6.08 Å². The van der Waals surface area contributed by atoms with Crippen LogP contribution in [0.1, 0.15) is 44.1 Å². The summed E-state index contributed by atoms with van der Waals surface area (Å²) in [6, 6.07) is 6.68. The van der Waals surface area contributed by atoms with E-state index in [0.717, 1.165) is 29.5 Å². The molecule has 2 aliphatic rings. The Labute approximate surface area is 252 Å². The average Bonchev–Trinajstić information content (AvgIpc) is 3.47. The quantitative estimate of drug-likeness (QED) is 0.320. The Kier molecular flexibility index (Phi) is 8.98. The van der Waals surface area contributed by atoms with Crippen LogP contribution in [0.15, 0.2) is 58.7 Å². The van der Waals surface area contributed by atoms with Crippen LogP contribution in [0.4, 0.5) is 5.88 Å². The van der Waals surface area contributed by atoms with E-state index in [1.165, 1.54) is 11.3 Å². The second kappa shape index (κ2) is 12.5. The molecule has 12 heteroatoms. The van der Waals surface area contributed by atoms with E-state index < -0.39 is 12.0 Å². The summed E-state index contributed by atoms with van der Waals surface area (Å²) in [5.41, 5.74) is 1.47. The standard InChI is InChI=1S/C28H29Br2N3O6S/c1-4-6-20-23(27(35)38-5-2)24(16-7-8-21(36-3)18(29)13-16)33-25(34)22(40-28(33)31-20)15-17-14-19(30)26(39-17)32-9-11-37-12-10-32/h7-8,13-15,24H,4-6,9-12H2,1-3H3/b22-15+/t24-/m0/s1. The lowest BCUT2D eigenvalue weighted by molar-refractivity contribution is -0.139. The molecule has 212 valence electrons. The Hall–Kier alpha value is -2.67. The molecule has 0 radical (unpaired) electrons. The van der Waals surface area contributed by atoms with E-state index in [4.69, 9.17) is 23.6 Å². The average molecular weight is 695 g/mol. The molecule has 40 heavy (non-hydrogen) atoms. The van der Waals surface area contributed by atoms with E-state index in [2.05, 4.69) is 36.8 Å². The van der Waals surface area contributed by atoms with E-state index >= 15 is 0 Å². The second-order valence-corrected chi connectivity index (χ2v) is 11.9. The monoisotopic (exact) mass is 693 g/mol. The van der Waals surface area contributed by atoms with Gasteiger partial charge in [0.1, 0.15) is 11.5 Å². The SMILES string of the molecule is CCCC1=C(C(=O)OCC)[C@H](c2ccc(OC)c(Br)c2)n2c(s/c(=C/c3cc(Br)c(N4CCOCC4)o3)c2=O)=N1. The molecule has 0 saturated carbocycles. The number of thiazole rings is 1. The molecule has 1 atom stereocenters. The first kappa shape index (κ1) is 28.8. The van der Waals surface area contributed by atoms with E-state index in [0.29, 0.717) is 62.1 Å². The highest BCUT2D eigenvalue weighted by atomic mass is 79.9. The highest BCUT2D eigenvalue weighted by Gasteiger charge is 2.34. The molecule has 1 saturated heterocycles. The minimum absolute atomic E-state index is 0.212. The number of ether oxygens (including phenoxy) is 3. The molecule has 0 spiro atoms. The maximum absolute atomic E-state index is 14.0. The zero-order chi connectivity index (χ0) is 28.4. The van der Waals surface area contributed by atoms with E-state index in [-0.39, 0.29) is 12.2 Å². The van der Waals surface area contributed by atoms with Crippen molar-refractivity contribution in [3.8, 4) is 5.75 Å². The number of esters is 1. The number of aromatic nitrogens is 1. The Morgan fingerprint density at radius 3 is 2.65 bits per heavy atom. The lowest BCUT2D eigenvalue weighted by atomic mass is 9.94.